The molecule has 0 saturated carbocycles. The highest BCUT2D eigenvalue weighted by molar-refractivity contribution is 5.66. The van der Waals surface area contributed by atoms with Crippen molar-refractivity contribution in [1.82, 2.24) is 0 Å². The van der Waals surface area contributed by atoms with Gasteiger partial charge in [0, 0.05) is 6.92 Å². The lowest BCUT2D eigenvalue weighted by molar-refractivity contribution is -0.297. The summed E-state index contributed by atoms with van der Waals surface area (Å²) in [6.45, 7) is 7.28. The fraction of sp³-hybridized carbons (Fsp3) is 0.500. The van der Waals surface area contributed by atoms with E-state index in [-0.39, 0.29) is 6.61 Å². The number of aliphatic hydroxyl groups is 1. The van der Waals surface area contributed by atoms with Crippen molar-refractivity contribution in [2.75, 3.05) is 6.61 Å². The second-order valence-corrected chi connectivity index (χ2v) is 5.65. The molecule has 132 valence electrons. The molecule has 1 fully saturated rings. The largest absolute Gasteiger partial charge is 0.454 e. The molecular formula is C18H24O6. The summed E-state index contributed by atoms with van der Waals surface area (Å²) in [5.74, 6) is -0.522. The molecule has 6 heteroatoms. The maximum Gasteiger partial charge on any atom is 0.303 e. The van der Waals surface area contributed by atoms with Gasteiger partial charge in [0.25, 0.3) is 0 Å². The van der Waals surface area contributed by atoms with E-state index in [1.165, 1.54) is 6.92 Å². The van der Waals surface area contributed by atoms with Gasteiger partial charge < -0.3 is 24.1 Å². The number of rotatable bonds is 7. The van der Waals surface area contributed by atoms with E-state index in [9.17, 15) is 9.90 Å². The summed E-state index contributed by atoms with van der Waals surface area (Å²) in [5, 5.41) is 10.1. The van der Waals surface area contributed by atoms with Gasteiger partial charge in [-0.3, -0.25) is 4.79 Å². The lowest BCUT2D eigenvalue weighted by atomic mass is 9.99. The Morgan fingerprint density at radius 3 is 2.58 bits per heavy atom. The Kier molecular flexibility index (Phi) is 6.93. The molecule has 1 N–H and O–H groups in total. The first-order valence-electron chi connectivity index (χ1n) is 7.91. The predicted molar refractivity (Wildman–Crippen MR) is 87.1 cm³/mol. The van der Waals surface area contributed by atoms with E-state index >= 15 is 0 Å². The average molecular weight is 336 g/mol. The van der Waals surface area contributed by atoms with Crippen LogP contribution in [-0.2, 0) is 30.3 Å². The molecule has 0 radical (unpaired) electrons. The fourth-order valence-electron chi connectivity index (χ4n) is 2.67. The van der Waals surface area contributed by atoms with E-state index in [0.717, 1.165) is 5.56 Å². The molecule has 1 aliphatic heterocycles. The van der Waals surface area contributed by atoms with Gasteiger partial charge in [-0.1, -0.05) is 36.4 Å². The van der Waals surface area contributed by atoms with E-state index < -0.39 is 36.7 Å². The van der Waals surface area contributed by atoms with Crippen LogP contribution in [0.2, 0.25) is 0 Å². The summed E-state index contributed by atoms with van der Waals surface area (Å²) < 4.78 is 22.3. The van der Waals surface area contributed by atoms with Crippen molar-refractivity contribution >= 4 is 5.97 Å². The van der Waals surface area contributed by atoms with E-state index in [0.29, 0.717) is 6.61 Å². The van der Waals surface area contributed by atoms with Gasteiger partial charge in [-0.2, -0.15) is 0 Å². The third-order valence-corrected chi connectivity index (χ3v) is 3.74. The number of ether oxygens (including phenoxy) is 4. The minimum atomic E-state index is -1.27. The standard InChI is InChI=1S/C18H24O6/c1-4-10-21-16-15(22-11-14-8-6-5-7-9-14)12(2)23-18(20)17(16)24-13(3)19/h4-9,12,15-18,20H,1,10-11H2,2-3H3/t12-,15-,16+,17-,18+/m1/s1. The highest BCUT2D eigenvalue weighted by atomic mass is 16.7. The highest BCUT2D eigenvalue weighted by Gasteiger charge is 2.47. The van der Waals surface area contributed by atoms with Gasteiger partial charge in [-0.05, 0) is 12.5 Å². The highest BCUT2D eigenvalue weighted by Crippen LogP contribution is 2.27. The summed E-state index contributed by atoms with van der Waals surface area (Å²) in [7, 11) is 0. The zero-order chi connectivity index (χ0) is 17.5. The van der Waals surface area contributed by atoms with Crippen molar-refractivity contribution in [3.8, 4) is 0 Å². The Morgan fingerprint density at radius 2 is 1.96 bits per heavy atom. The zero-order valence-corrected chi connectivity index (χ0v) is 14.0. The van der Waals surface area contributed by atoms with Crippen molar-refractivity contribution < 1.29 is 28.8 Å². The van der Waals surface area contributed by atoms with Gasteiger partial charge in [0.05, 0.1) is 19.3 Å². The molecule has 1 aromatic carbocycles. The number of carbonyl (C=O) groups excluding carboxylic acids is 1. The second kappa shape index (κ2) is 8.94. The van der Waals surface area contributed by atoms with Crippen molar-refractivity contribution in [3.63, 3.8) is 0 Å². The van der Waals surface area contributed by atoms with Crippen LogP contribution in [-0.4, -0.2) is 48.4 Å². The van der Waals surface area contributed by atoms with Crippen LogP contribution in [0.5, 0.6) is 0 Å². The predicted octanol–water partition coefficient (Wildman–Crippen LogP) is 1.81. The van der Waals surface area contributed by atoms with E-state index in [1.807, 2.05) is 30.3 Å². The molecule has 5 atom stereocenters. The molecule has 24 heavy (non-hydrogen) atoms. The zero-order valence-electron chi connectivity index (χ0n) is 14.0. The fourth-order valence-corrected chi connectivity index (χ4v) is 2.67. The first-order valence-corrected chi connectivity index (χ1v) is 7.91. The molecule has 6 nitrogen and oxygen atoms in total. The maximum atomic E-state index is 11.3. The van der Waals surface area contributed by atoms with Gasteiger partial charge in [0.2, 0.25) is 0 Å². The minimum absolute atomic E-state index is 0.243. The Morgan fingerprint density at radius 1 is 1.25 bits per heavy atom. The first kappa shape index (κ1) is 18.6. The second-order valence-electron chi connectivity index (χ2n) is 5.65. The Labute approximate surface area is 142 Å². The van der Waals surface area contributed by atoms with Gasteiger partial charge in [0.15, 0.2) is 12.4 Å². The smallest absolute Gasteiger partial charge is 0.303 e. The number of hydrogen-bond donors (Lipinski definition) is 1. The summed E-state index contributed by atoms with van der Waals surface area (Å²) in [6, 6.07) is 9.69. The molecule has 2 rings (SSSR count). The monoisotopic (exact) mass is 336 g/mol. The molecule has 1 aliphatic rings. The van der Waals surface area contributed by atoms with Crippen LogP contribution in [0.3, 0.4) is 0 Å². The molecule has 0 unspecified atom stereocenters. The Balaban J connectivity index is 2.13. The molecule has 0 amide bonds. The van der Waals surface area contributed by atoms with E-state index in [1.54, 1.807) is 13.0 Å². The molecule has 0 aromatic heterocycles. The van der Waals surface area contributed by atoms with Crippen LogP contribution in [0.15, 0.2) is 43.0 Å². The third kappa shape index (κ3) is 4.88. The lowest BCUT2D eigenvalue weighted by Crippen LogP contribution is -2.59. The van der Waals surface area contributed by atoms with E-state index in [2.05, 4.69) is 6.58 Å². The Hall–Kier alpha value is -1.73. The van der Waals surface area contributed by atoms with Crippen LogP contribution in [0.25, 0.3) is 0 Å². The molecule has 0 spiro atoms. The lowest BCUT2D eigenvalue weighted by Gasteiger charge is -2.42. The SMILES string of the molecule is C=CCO[C@@H]1[C@@H](OC(C)=O)[C@@H](O)O[C@H](C)[C@H]1OCc1ccccc1. The van der Waals surface area contributed by atoms with Crippen molar-refractivity contribution in [2.24, 2.45) is 0 Å². The summed E-state index contributed by atoms with van der Waals surface area (Å²) >= 11 is 0. The van der Waals surface area contributed by atoms with Crippen molar-refractivity contribution in [2.45, 2.75) is 51.2 Å². The van der Waals surface area contributed by atoms with E-state index in [4.69, 9.17) is 18.9 Å². The molecule has 0 bridgehead atoms. The van der Waals surface area contributed by atoms with Crippen molar-refractivity contribution in [3.05, 3.63) is 48.6 Å². The topological polar surface area (TPSA) is 74.2 Å². The third-order valence-electron chi connectivity index (χ3n) is 3.74. The Bertz CT molecular complexity index is 532. The molecule has 1 aromatic rings. The number of hydrogen-bond acceptors (Lipinski definition) is 6. The minimum Gasteiger partial charge on any atom is -0.454 e. The van der Waals surface area contributed by atoms with Crippen molar-refractivity contribution in [1.29, 1.82) is 0 Å². The molecular weight excluding hydrogens is 312 g/mol. The summed E-state index contributed by atoms with van der Waals surface area (Å²) in [6.07, 6.45) is -2.22. The summed E-state index contributed by atoms with van der Waals surface area (Å²) in [4.78, 5) is 11.3. The average Bonchev–Trinajstić information content (AvgIpc) is 2.55. The van der Waals surface area contributed by atoms with Crippen LogP contribution < -0.4 is 0 Å². The summed E-state index contributed by atoms with van der Waals surface area (Å²) in [5.41, 5.74) is 1.00. The molecule has 1 saturated heterocycles. The van der Waals surface area contributed by atoms with Gasteiger partial charge in [0.1, 0.15) is 12.2 Å². The van der Waals surface area contributed by atoms with Gasteiger partial charge in [-0.25, -0.2) is 0 Å². The first-order chi connectivity index (χ1) is 11.5. The quantitative estimate of drug-likeness (QED) is 0.605. The number of carbonyl (C=O) groups is 1. The number of benzene rings is 1. The van der Waals surface area contributed by atoms with Crippen LogP contribution in [0.1, 0.15) is 19.4 Å². The number of aliphatic hydroxyl groups excluding tert-OH is 1. The normalized spacial score (nSPS) is 29.9. The number of esters is 1. The maximum absolute atomic E-state index is 11.3. The van der Waals surface area contributed by atoms with Gasteiger partial charge in [-0.15, -0.1) is 6.58 Å². The molecule has 1 heterocycles. The molecule has 0 aliphatic carbocycles. The van der Waals surface area contributed by atoms with Crippen LogP contribution in [0, 0.1) is 0 Å². The van der Waals surface area contributed by atoms with Gasteiger partial charge >= 0.3 is 5.97 Å². The van der Waals surface area contributed by atoms with Crippen LogP contribution >= 0.6 is 0 Å². The van der Waals surface area contributed by atoms with Crippen LogP contribution in [0.4, 0.5) is 0 Å².